The van der Waals surface area contributed by atoms with Gasteiger partial charge in [-0.15, -0.1) is 0 Å². The fourth-order valence-electron chi connectivity index (χ4n) is 2.42. The van der Waals surface area contributed by atoms with Crippen molar-refractivity contribution < 1.29 is 9.47 Å². The lowest BCUT2D eigenvalue weighted by atomic mass is 9.97. The van der Waals surface area contributed by atoms with Gasteiger partial charge in [0.25, 0.3) is 0 Å². The molecule has 0 spiro atoms. The molecule has 0 saturated heterocycles. The van der Waals surface area contributed by atoms with Gasteiger partial charge in [-0.3, -0.25) is 0 Å². The fourth-order valence-corrected chi connectivity index (χ4v) is 2.71. The van der Waals surface area contributed by atoms with Crippen LogP contribution in [0.4, 0.5) is 0 Å². The van der Waals surface area contributed by atoms with E-state index in [2.05, 4.69) is 19.2 Å². The molecule has 0 fully saturated rings. The van der Waals surface area contributed by atoms with Crippen molar-refractivity contribution in [2.24, 2.45) is 5.92 Å². The van der Waals surface area contributed by atoms with E-state index in [1.54, 1.807) is 0 Å². The monoisotopic (exact) mass is 297 g/mol. The number of fused-ring (bicyclic) bond motifs is 1. The Morgan fingerprint density at radius 3 is 2.40 bits per heavy atom. The number of benzene rings is 1. The van der Waals surface area contributed by atoms with Crippen LogP contribution in [0.5, 0.6) is 11.5 Å². The molecule has 1 aliphatic heterocycles. The van der Waals surface area contributed by atoms with Crippen molar-refractivity contribution in [3.63, 3.8) is 0 Å². The first kappa shape index (κ1) is 15.5. The largest absolute Gasteiger partial charge is 0.490 e. The molecule has 4 heteroatoms. The molecule has 1 aromatic rings. The molecule has 1 atom stereocenters. The fraction of sp³-hybridized carbons (Fsp3) is 0.625. The van der Waals surface area contributed by atoms with Gasteiger partial charge in [-0.05, 0) is 37.4 Å². The summed E-state index contributed by atoms with van der Waals surface area (Å²) in [4.78, 5) is 0. The van der Waals surface area contributed by atoms with Crippen molar-refractivity contribution >= 4 is 11.6 Å². The van der Waals surface area contributed by atoms with E-state index in [0.29, 0.717) is 19.1 Å². The molecule has 0 saturated carbocycles. The quantitative estimate of drug-likeness (QED) is 0.883. The first-order valence-electron chi connectivity index (χ1n) is 7.38. The van der Waals surface area contributed by atoms with Gasteiger partial charge in [0.2, 0.25) is 0 Å². The van der Waals surface area contributed by atoms with Crippen LogP contribution in [0.2, 0.25) is 5.02 Å². The Kier molecular flexibility index (Phi) is 5.55. The number of halogens is 1. The number of ether oxygens (including phenoxy) is 2. The Hall–Kier alpha value is -0.930. The summed E-state index contributed by atoms with van der Waals surface area (Å²) >= 11 is 6.43. The average molecular weight is 298 g/mol. The lowest BCUT2D eigenvalue weighted by Crippen LogP contribution is -2.17. The summed E-state index contributed by atoms with van der Waals surface area (Å²) < 4.78 is 11.4. The zero-order valence-electron chi connectivity index (χ0n) is 12.5. The molecule has 0 aliphatic carbocycles. The molecule has 0 aromatic heterocycles. The first-order valence-corrected chi connectivity index (χ1v) is 7.76. The van der Waals surface area contributed by atoms with Crippen molar-refractivity contribution in [2.75, 3.05) is 20.3 Å². The van der Waals surface area contributed by atoms with Gasteiger partial charge in [-0.1, -0.05) is 25.4 Å². The Balaban J connectivity index is 2.23. The molecular weight excluding hydrogens is 274 g/mol. The van der Waals surface area contributed by atoms with Gasteiger partial charge < -0.3 is 14.8 Å². The average Bonchev–Trinajstić information content (AvgIpc) is 2.64. The molecule has 3 nitrogen and oxygen atoms in total. The summed E-state index contributed by atoms with van der Waals surface area (Å²) in [5.41, 5.74) is 1.10. The van der Waals surface area contributed by atoms with Gasteiger partial charge in [0.05, 0.1) is 13.2 Å². The zero-order chi connectivity index (χ0) is 14.5. The highest BCUT2D eigenvalue weighted by Crippen LogP contribution is 2.38. The van der Waals surface area contributed by atoms with Gasteiger partial charge in [0, 0.05) is 23.6 Å². The third kappa shape index (κ3) is 3.80. The summed E-state index contributed by atoms with van der Waals surface area (Å²) in [7, 11) is 1.98. The molecule has 1 heterocycles. The molecule has 1 aliphatic rings. The number of hydrogen-bond donors (Lipinski definition) is 1. The first-order chi connectivity index (χ1) is 9.61. The van der Waals surface area contributed by atoms with Crippen molar-refractivity contribution in [2.45, 2.75) is 39.2 Å². The van der Waals surface area contributed by atoms with E-state index in [1.807, 2.05) is 19.2 Å². The van der Waals surface area contributed by atoms with E-state index in [4.69, 9.17) is 21.1 Å². The predicted molar refractivity (Wildman–Crippen MR) is 82.9 cm³/mol. The molecule has 0 radical (unpaired) electrons. The normalized spacial score (nSPS) is 16.1. The maximum atomic E-state index is 6.43. The van der Waals surface area contributed by atoms with Gasteiger partial charge in [-0.2, -0.15) is 0 Å². The summed E-state index contributed by atoms with van der Waals surface area (Å²) in [5.74, 6) is 2.26. The number of nitrogens with one attached hydrogen (secondary N) is 1. The van der Waals surface area contributed by atoms with Crippen molar-refractivity contribution in [3.8, 4) is 11.5 Å². The van der Waals surface area contributed by atoms with E-state index >= 15 is 0 Å². The summed E-state index contributed by atoms with van der Waals surface area (Å²) in [6, 6.07) is 4.17. The Labute approximate surface area is 126 Å². The van der Waals surface area contributed by atoms with Gasteiger partial charge in [-0.25, -0.2) is 0 Å². The molecule has 1 aromatic carbocycles. The van der Waals surface area contributed by atoms with Crippen LogP contribution in [0.15, 0.2) is 12.1 Å². The highest BCUT2D eigenvalue weighted by atomic mass is 35.5. The maximum absolute atomic E-state index is 6.43. The molecular formula is C16H24ClNO2. The van der Waals surface area contributed by atoms with Gasteiger partial charge in [0.15, 0.2) is 11.5 Å². The molecule has 0 amide bonds. The van der Waals surface area contributed by atoms with Crippen molar-refractivity contribution in [1.82, 2.24) is 5.32 Å². The molecule has 112 valence electrons. The summed E-state index contributed by atoms with van der Waals surface area (Å²) in [5, 5.41) is 4.10. The molecule has 1 N–H and O–H groups in total. The van der Waals surface area contributed by atoms with Crippen LogP contribution in [0.3, 0.4) is 0 Å². The van der Waals surface area contributed by atoms with E-state index in [9.17, 15) is 0 Å². The third-order valence-electron chi connectivity index (χ3n) is 3.62. The Bertz CT molecular complexity index is 448. The van der Waals surface area contributed by atoms with Crippen LogP contribution in [0.1, 0.15) is 44.7 Å². The summed E-state index contributed by atoms with van der Waals surface area (Å²) in [6.45, 7) is 5.86. The molecule has 2 rings (SSSR count). The lowest BCUT2D eigenvalue weighted by Gasteiger charge is -2.20. The Morgan fingerprint density at radius 2 is 1.80 bits per heavy atom. The second-order valence-corrected chi connectivity index (χ2v) is 6.09. The van der Waals surface area contributed by atoms with E-state index in [1.165, 1.54) is 0 Å². The number of rotatable bonds is 5. The zero-order valence-corrected chi connectivity index (χ0v) is 13.3. The number of hydrogen-bond acceptors (Lipinski definition) is 3. The van der Waals surface area contributed by atoms with Crippen molar-refractivity contribution in [3.05, 3.63) is 22.7 Å². The standard InChI is InChI=1S/C16H24ClNO2/c1-11(2)5-6-14(18-3)12-9-15-16(10-13(12)17)20-8-4-7-19-15/h9-11,14,18H,4-8H2,1-3H3. The van der Waals surface area contributed by atoms with Crippen LogP contribution in [-0.2, 0) is 0 Å². The van der Waals surface area contributed by atoms with Gasteiger partial charge >= 0.3 is 0 Å². The van der Waals surface area contributed by atoms with Crippen LogP contribution >= 0.6 is 11.6 Å². The minimum absolute atomic E-state index is 0.252. The molecule has 1 unspecified atom stereocenters. The second kappa shape index (κ2) is 7.19. The SMILES string of the molecule is CNC(CCC(C)C)c1cc2c(cc1Cl)OCCCO2. The highest BCUT2D eigenvalue weighted by Gasteiger charge is 2.19. The lowest BCUT2D eigenvalue weighted by molar-refractivity contribution is 0.297. The summed E-state index contributed by atoms with van der Waals surface area (Å²) in [6.07, 6.45) is 3.13. The smallest absolute Gasteiger partial charge is 0.162 e. The molecule has 0 bridgehead atoms. The van der Waals surface area contributed by atoms with Gasteiger partial charge in [0.1, 0.15) is 0 Å². The minimum Gasteiger partial charge on any atom is -0.490 e. The Morgan fingerprint density at radius 1 is 1.15 bits per heavy atom. The van der Waals surface area contributed by atoms with Crippen LogP contribution in [0.25, 0.3) is 0 Å². The molecule has 20 heavy (non-hydrogen) atoms. The van der Waals surface area contributed by atoms with E-state index in [0.717, 1.165) is 41.3 Å². The van der Waals surface area contributed by atoms with E-state index < -0.39 is 0 Å². The van der Waals surface area contributed by atoms with E-state index in [-0.39, 0.29) is 6.04 Å². The third-order valence-corrected chi connectivity index (χ3v) is 3.95. The predicted octanol–water partition coefficient (Wildman–Crippen LogP) is 4.20. The second-order valence-electron chi connectivity index (χ2n) is 5.68. The van der Waals surface area contributed by atoms with Crippen LogP contribution in [-0.4, -0.2) is 20.3 Å². The van der Waals surface area contributed by atoms with Crippen LogP contribution < -0.4 is 14.8 Å². The maximum Gasteiger partial charge on any atom is 0.162 e. The topological polar surface area (TPSA) is 30.5 Å². The van der Waals surface area contributed by atoms with Crippen molar-refractivity contribution in [1.29, 1.82) is 0 Å². The minimum atomic E-state index is 0.252. The highest BCUT2D eigenvalue weighted by molar-refractivity contribution is 6.31. The van der Waals surface area contributed by atoms with Crippen LogP contribution in [0, 0.1) is 5.92 Å².